The summed E-state index contributed by atoms with van der Waals surface area (Å²) >= 11 is 0. The van der Waals surface area contributed by atoms with Crippen molar-refractivity contribution in [1.29, 1.82) is 0 Å². The summed E-state index contributed by atoms with van der Waals surface area (Å²) in [7, 11) is 5.36. The molecule has 0 aliphatic carbocycles. The minimum absolute atomic E-state index is 0.0308. The monoisotopic (exact) mass is 148 g/mol. The van der Waals surface area contributed by atoms with E-state index < -0.39 is 4.92 Å². The molecule has 0 aromatic carbocycles. The van der Waals surface area contributed by atoms with E-state index in [1.807, 2.05) is 0 Å². The van der Waals surface area contributed by atoms with Crippen molar-refractivity contribution in [2.75, 3.05) is 0 Å². The number of nitro groups is 1. The molecule has 0 fully saturated rings. The fourth-order valence-corrected chi connectivity index (χ4v) is 0.670. The van der Waals surface area contributed by atoms with Crippen LogP contribution in [0.15, 0.2) is 12.3 Å². The highest BCUT2D eigenvalue weighted by molar-refractivity contribution is 6.31. The zero-order chi connectivity index (χ0) is 8.43. The first-order chi connectivity index (χ1) is 5.11. The molecule has 0 saturated carbocycles. The Morgan fingerprint density at radius 3 is 2.82 bits per heavy atom. The van der Waals surface area contributed by atoms with E-state index in [-0.39, 0.29) is 5.69 Å². The summed E-state index contributed by atoms with van der Waals surface area (Å²) in [4.78, 5) is 13.3. The Labute approximate surface area is 64.8 Å². The molecule has 1 heterocycles. The first-order valence-electron chi connectivity index (χ1n) is 2.98. The van der Waals surface area contributed by atoms with Crippen molar-refractivity contribution in [1.82, 2.24) is 4.98 Å². The van der Waals surface area contributed by atoms with Crippen LogP contribution < -0.4 is 5.59 Å². The van der Waals surface area contributed by atoms with Gasteiger partial charge in [-0.1, -0.05) is 0 Å². The molecule has 11 heavy (non-hydrogen) atoms. The molecule has 0 spiro atoms. The van der Waals surface area contributed by atoms with Crippen molar-refractivity contribution in [3.8, 4) is 0 Å². The summed E-state index contributed by atoms with van der Waals surface area (Å²) in [5, 5.41) is 10.2. The maximum atomic E-state index is 10.2. The Bertz CT molecular complexity index is 301. The van der Waals surface area contributed by atoms with Gasteiger partial charge in [0.15, 0.2) is 0 Å². The van der Waals surface area contributed by atoms with Crippen molar-refractivity contribution in [3.05, 3.63) is 27.9 Å². The van der Waals surface area contributed by atoms with E-state index in [4.69, 9.17) is 7.85 Å². The SMILES string of the molecule is [B]c1ncc([N+](=O)[O-])cc1C. The number of hydrogen-bond donors (Lipinski definition) is 0. The van der Waals surface area contributed by atoms with Crippen LogP contribution >= 0.6 is 0 Å². The van der Waals surface area contributed by atoms with Crippen molar-refractivity contribution in [2.24, 2.45) is 0 Å². The van der Waals surface area contributed by atoms with Crippen LogP contribution in [0.25, 0.3) is 0 Å². The van der Waals surface area contributed by atoms with Gasteiger partial charge in [-0.05, 0) is 18.1 Å². The number of aryl methyl sites for hydroxylation is 1. The topological polar surface area (TPSA) is 56.0 Å². The lowest BCUT2D eigenvalue weighted by molar-refractivity contribution is -0.385. The second kappa shape index (κ2) is 2.69. The molecule has 54 valence electrons. The number of hydrogen-bond acceptors (Lipinski definition) is 3. The number of rotatable bonds is 1. The third-order valence-electron chi connectivity index (χ3n) is 1.32. The number of pyridine rings is 1. The summed E-state index contributed by atoms with van der Waals surface area (Å²) in [6, 6.07) is 1.39. The molecule has 0 aliphatic rings. The predicted molar refractivity (Wildman–Crippen MR) is 41.0 cm³/mol. The van der Waals surface area contributed by atoms with Crippen molar-refractivity contribution in [3.63, 3.8) is 0 Å². The largest absolute Gasteiger partial charge is 0.287 e. The molecule has 0 N–H and O–H groups in total. The van der Waals surface area contributed by atoms with Crippen LogP contribution in [-0.4, -0.2) is 17.8 Å². The molecule has 0 atom stereocenters. The van der Waals surface area contributed by atoms with Crippen molar-refractivity contribution >= 4 is 19.1 Å². The zero-order valence-corrected chi connectivity index (χ0v) is 5.94. The highest BCUT2D eigenvalue weighted by Gasteiger charge is 2.05. The lowest BCUT2D eigenvalue weighted by Gasteiger charge is -1.96. The normalized spacial score (nSPS) is 9.55. The molecular weight excluding hydrogens is 143 g/mol. The molecular formula is C6H5BN2O2. The second-order valence-corrected chi connectivity index (χ2v) is 2.15. The summed E-state index contributed by atoms with van der Waals surface area (Å²) < 4.78 is 0. The average molecular weight is 148 g/mol. The Morgan fingerprint density at radius 2 is 2.36 bits per heavy atom. The Hall–Kier alpha value is -1.39. The Morgan fingerprint density at radius 1 is 1.73 bits per heavy atom. The minimum atomic E-state index is -0.501. The smallest absolute Gasteiger partial charge is 0.265 e. The maximum Gasteiger partial charge on any atom is 0.287 e. The molecule has 0 unspecified atom stereocenters. The van der Waals surface area contributed by atoms with Gasteiger partial charge in [-0.3, -0.25) is 15.1 Å². The molecule has 0 bridgehead atoms. The van der Waals surface area contributed by atoms with Crippen molar-refractivity contribution < 1.29 is 4.92 Å². The second-order valence-electron chi connectivity index (χ2n) is 2.15. The minimum Gasteiger partial charge on any atom is -0.265 e. The van der Waals surface area contributed by atoms with Gasteiger partial charge >= 0.3 is 0 Å². The molecule has 0 aliphatic heterocycles. The van der Waals surface area contributed by atoms with E-state index in [1.54, 1.807) is 6.92 Å². The third kappa shape index (κ3) is 1.55. The predicted octanol–water partition coefficient (Wildman–Crippen LogP) is 0.0920. The van der Waals surface area contributed by atoms with Crippen LogP contribution in [-0.2, 0) is 0 Å². The van der Waals surface area contributed by atoms with Gasteiger partial charge in [-0.2, -0.15) is 0 Å². The van der Waals surface area contributed by atoms with E-state index in [0.717, 1.165) is 6.20 Å². The molecule has 4 nitrogen and oxygen atoms in total. The highest BCUT2D eigenvalue weighted by atomic mass is 16.6. The molecule has 0 amide bonds. The molecule has 1 aromatic heterocycles. The molecule has 0 saturated heterocycles. The van der Waals surface area contributed by atoms with Gasteiger partial charge in [-0.15, -0.1) is 0 Å². The van der Waals surface area contributed by atoms with Gasteiger partial charge in [0.1, 0.15) is 14.0 Å². The summed E-state index contributed by atoms with van der Waals surface area (Å²) in [5.41, 5.74) is 0.923. The van der Waals surface area contributed by atoms with E-state index in [1.165, 1.54) is 6.07 Å². The van der Waals surface area contributed by atoms with E-state index >= 15 is 0 Å². The zero-order valence-electron chi connectivity index (χ0n) is 5.94. The van der Waals surface area contributed by atoms with Gasteiger partial charge < -0.3 is 0 Å². The first-order valence-corrected chi connectivity index (χ1v) is 2.98. The van der Waals surface area contributed by atoms with E-state index in [0.29, 0.717) is 11.2 Å². The first kappa shape index (κ1) is 7.72. The lowest BCUT2D eigenvalue weighted by atomic mass is 9.98. The fraction of sp³-hybridized carbons (Fsp3) is 0.167. The van der Waals surface area contributed by atoms with Crippen LogP contribution in [0.1, 0.15) is 5.56 Å². The van der Waals surface area contributed by atoms with Crippen LogP contribution in [0.3, 0.4) is 0 Å². The summed E-state index contributed by atoms with van der Waals surface area (Å²) in [6.45, 7) is 1.68. The Kier molecular flexibility index (Phi) is 1.89. The number of aromatic nitrogens is 1. The van der Waals surface area contributed by atoms with E-state index in [9.17, 15) is 10.1 Å². The van der Waals surface area contributed by atoms with Gasteiger partial charge in [-0.25, -0.2) is 0 Å². The van der Waals surface area contributed by atoms with Gasteiger partial charge in [0.05, 0.1) is 4.92 Å². The van der Waals surface area contributed by atoms with Crippen LogP contribution in [0, 0.1) is 17.0 Å². The summed E-state index contributed by atoms with van der Waals surface area (Å²) in [5.74, 6) is 0. The van der Waals surface area contributed by atoms with Crippen molar-refractivity contribution in [2.45, 2.75) is 6.92 Å². The maximum absolute atomic E-state index is 10.2. The number of nitrogens with zero attached hydrogens (tertiary/aromatic N) is 2. The van der Waals surface area contributed by atoms with Crippen LogP contribution in [0.4, 0.5) is 5.69 Å². The van der Waals surface area contributed by atoms with Gasteiger partial charge in [0, 0.05) is 6.07 Å². The summed E-state index contributed by atoms with van der Waals surface area (Å²) in [6.07, 6.45) is 1.14. The van der Waals surface area contributed by atoms with Crippen LogP contribution in [0.5, 0.6) is 0 Å². The molecule has 5 heteroatoms. The van der Waals surface area contributed by atoms with E-state index in [2.05, 4.69) is 4.98 Å². The molecule has 1 rings (SSSR count). The molecule has 2 radical (unpaired) electrons. The third-order valence-corrected chi connectivity index (χ3v) is 1.32. The highest BCUT2D eigenvalue weighted by Crippen LogP contribution is 2.07. The van der Waals surface area contributed by atoms with Gasteiger partial charge in [0.2, 0.25) is 0 Å². The standard InChI is InChI=1S/C6H5BN2O2/c1-4-2-5(9(10)11)3-8-6(4)7/h2-3H,1H3. The van der Waals surface area contributed by atoms with Crippen LogP contribution in [0.2, 0.25) is 0 Å². The molecule has 1 aromatic rings. The average Bonchev–Trinajstić information content (AvgIpc) is 1.94. The fourth-order valence-electron chi connectivity index (χ4n) is 0.670. The quantitative estimate of drug-likeness (QED) is 0.322. The lowest BCUT2D eigenvalue weighted by Crippen LogP contribution is -2.11. The van der Waals surface area contributed by atoms with Gasteiger partial charge in [0.25, 0.3) is 5.69 Å². The Balaban J connectivity index is 3.15.